The first-order valence-corrected chi connectivity index (χ1v) is 17.3. The van der Waals surface area contributed by atoms with Crippen molar-refractivity contribution in [3.05, 3.63) is 170 Å². The molecule has 4 nitrogen and oxygen atoms in total. The van der Waals surface area contributed by atoms with Crippen molar-refractivity contribution in [3.63, 3.8) is 0 Å². The van der Waals surface area contributed by atoms with E-state index in [2.05, 4.69) is 156 Å². The topological polar surface area (TPSA) is 43.6 Å². The summed E-state index contributed by atoms with van der Waals surface area (Å²) in [6.45, 7) is 0. The molecule has 0 aliphatic heterocycles. The molecule has 0 unspecified atom stereocenters. The Morgan fingerprint density at radius 2 is 0.902 bits per heavy atom. The molecule has 236 valence electrons. The van der Waals surface area contributed by atoms with Gasteiger partial charge in [0.1, 0.15) is 0 Å². The first kappa shape index (κ1) is 28.0. The van der Waals surface area contributed by atoms with Crippen LogP contribution in [-0.4, -0.2) is 19.5 Å². The molecule has 0 saturated heterocycles. The van der Waals surface area contributed by atoms with Gasteiger partial charge in [0.25, 0.3) is 0 Å². The number of hydrogen-bond acceptors (Lipinski definition) is 3. The van der Waals surface area contributed by atoms with Gasteiger partial charge in [-0.15, -0.1) is 0 Å². The summed E-state index contributed by atoms with van der Waals surface area (Å²) in [6.07, 6.45) is 0. The van der Waals surface area contributed by atoms with Crippen LogP contribution in [0.1, 0.15) is 0 Å². The average molecular weight is 649 g/mol. The maximum atomic E-state index is 5.32. The van der Waals surface area contributed by atoms with E-state index in [0.717, 1.165) is 44.2 Å². The van der Waals surface area contributed by atoms with E-state index in [0.29, 0.717) is 17.5 Å². The second-order valence-corrected chi connectivity index (χ2v) is 13.2. The van der Waals surface area contributed by atoms with E-state index in [1.165, 1.54) is 43.8 Å². The summed E-state index contributed by atoms with van der Waals surface area (Å²) in [7, 11) is 0. The van der Waals surface area contributed by atoms with E-state index in [1.807, 2.05) is 18.2 Å². The standard InChI is InChI=1S/C47H28N4/c1-2-13-31(14-3-1)45-48-46(32-25-26-34-37-20-10-15-30-16-11-21-38(43(30)37)40(34)28-32)50-47(49-45)39-27-24-29-12-4-5-17-33(29)44(39)51-41-22-8-6-18-35(41)36-19-7-9-23-42(36)51/h1-28H. The van der Waals surface area contributed by atoms with Gasteiger partial charge < -0.3 is 4.57 Å². The Hall–Kier alpha value is -6.91. The Kier molecular flexibility index (Phi) is 5.92. The van der Waals surface area contributed by atoms with Crippen molar-refractivity contribution in [3.8, 4) is 62.1 Å². The molecule has 4 heteroatoms. The number of hydrogen-bond donors (Lipinski definition) is 0. The Balaban J connectivity index is 1.20. The first-order chi connectivity index (χ1) is 25.3. The molecule has 0 atom stereocenters. The molecule has 8 aromatic carbocycles. The van der Waals surface area contributed by atoms with Crippen molar-refractivity contribution < 1.29 is 0 Å². The van der Waals surface area contributed by atoms with Gasteiger partial charge in [-0.25, -0.2) is 15.0 Å². The van der Waals surface area contributed by atoms with E-state index in [9.17, 15) is 0 Å². The minimum atomic E-state index is 0.632. The molecular weight excluding hydrogens is 621 g/mol. The molecule has 51 heavy (non-hydrogen) atoms. The first-order valence-electron chi connectivity index (χ1n) is 17.3. The zero-order valence-electron chi connectivity index (χ0n) is 27.5. The molecule has 0 bridgehead atoms. The summed E-state index contributed by atoms with van der Waals surface area (Å²) in [5, 5.41) is 7.27. The third-order valence-electron chi connectivity index (χ3n) is 10.4. The van der Waals surface area contributed by atoms with Gasteiger partial charge >= 0.3 is 0 Å². The summed E-state index contributed by atoms with van der Waals surface area (Å²) in [6, 6.07) is 60.2. The van der Waals surface area contributed by atoms with Crippen LogP contribution in [0.5, 0.6) is 0 Å². The average Bonchev–Trinajstić information content (AvgIpc) is 3.71. The quantitative estimate of drug-likeness (QED) is 0.191. The van der Waals surface area contributed by atoms with E-state index in [-0.39, 0.29) is 0 Å². The number of para-hydroxylation sites is 2. The van der Waals surface area contributed by atoms with Gasteiger partial charge in [0.05, 0.1) is 16.7 Å². The van der Waals surface area contributed by atoms with Gasteiger partial charge in [0.15, 0.2) is 17.5 Å². The highest BCUT2D eigenvalue weighted by Crippen LogP contribution is 2.48. The molecule has 1 aliphatic carbocycles. The Morgan fingerprint density at radius 1 is 0.333 bits per heavy atom. The highest BCUT2D eigenvalue weighted by atomic mass is 15.1. The highest BCUT2D eigenvalue weighted by molar-refractivity contribution is 6.16. The second-order valence-electron chi connectivity index (χ2n) is 13.2. The number of rotatable bonds is 4. The molecule has 0 radical (unpaired) electrons. The number of fused-ring (bicyclic) bond motifs is 7. The lowest BCUT2D eigenvalue weighted by Gasteiger charge is -2.17. The van der Waals surface area contributed by atoms with Crippen molar-refractivity contribution in [1.29, 1.82) is 0 Å². The van der Waals surface area contributed by atoms with Crippen molar-refractivity contribution in [1.82, 2.24) is 19.5 Å². The predicted molar refractivity (Wildman–Crippen MR) is 210 cm³/mol. The number of nitrogens with zero attached hydrogens (tertiary/aromatic N) is 4. The molecule has 0 fully saturated rings. The zero-order valence-corrected chi connectivity index (χ0v) is 27.5. The van der Waals surface area contributed by atoms with Gasteiger partial charge in [-0.3, -0.25) is 0 Å². The van der Waals surface area contributed by atoms with Crippen LogP contribution in [0.2, 0.25) is 0 Å². The van der Waals surface area contributed by atoms with E-state index < -0.39 is 0 Å². The smallest absolute Gasteiger partial charge is 0.166 e. The lowest BCUT2D eigenvalue weighted by Crippen LogP contribution is -2.04. The number of benzene rings is 8. The lowest BCUT2D eigenvalue weighted by atomic mass is 10.0. The van der Waals surface area contributed by atoms with Gasteiger partial charge in [-0.05, 0) is 62.7 Å². The summed E-state index contributed by atoms with van der Waals surface area (Å²) < 4.78 is 2.39. The maximum Gasteiger partial charge on any atom is 0.166 e. The largest absolute Gasteiger partial charge is 0.308 e. The summed E-state index contributed by atoms with van der Waals surface area (Å²) in [5.74, 6) is 1.92. The molecule has 0 amide bonds. The molecule has 0 N–H and O–H groups in total. The van der Waals surface area contributed by atoms with Crippen molar-refractivity contribution in [2.24, 2.45) is 0 Å². The van der Waals surface area contributed by atoms with Crippen LogP contribution in [0.4, 0.5) is 0 Å². The van der Waals surface area contributed by atoms with E-state index in [4.69, 9.17) is 15.0 Å². The van der Waals surface area contributed by atoms with Gasteiger partial charge in [0.2, 0.25) is 0 Å². The van der Waals surface area contributed by atoms with Gasteiger partial charge in [-0.2, -0.15) is 0 Å². The van der Waals surface area contributed by atoms with E-state index in [1.54, 1.807) is 0 Å². The molecule has 10 aromatic rings. The summed E-state index contributed by atoms with van der Waals surface area (Å²) in [4.78, 5) is 15.7. The summed E-state index contributed by atoms with van der Waals surface area (Å²) >= 11 is 0. The fraction of sp³-hybridized carbons (Fsp3) is 0. The minimum Gasteiger partial charge on any atom is -0.308 e. The van der Waals surface area contributed by atoms with Crippen LogP contribution in [0.3, 0.4) is 0 Å². The SMILES string of the molecule is c1ccc(-c2nc(-c3ccc4c(c3)-c3cccc5cccc-4c35)nc(-c3ccc4ccccc4c3-n3c4ccccc4c4ccccc43)n2)cc1. The third kappa shape index (κ3) is 4.17. The molecule has 2 aromatic heterocycles. The van der Waals surface area contributed by atoms with Crippen LogP contribution in [0, 0.1) is 0 Å². The van der Waals surface area contributed by atoms with Crippen LogP contribution >= 0.6 is 0 Å². The Labute approximate surface area is 294 Å². The minimum absolute atomic E-state index is 0.632. The van der Waals surface area contributed by atoms with Crippen LogP contribution in [0.25, 0.3) is 105 Å². The lowest BCUT2D eigenvalue weighted by molar-refractivity contribution is 1.07. The fourth-order valence-electron chi connectivity index (χ4n) is 8.11. The third-order valence-corrected chi connectivity index (χ3v) is 10.4. The van der Waals surface area contributed by atoms with Crippen molar-refractivity contribution >= 4 is 43.4 Å². The van der Waals surface area contributed by atoms with E-state index >= 15 is 0 Å². The molecule has 1 aliphatic rings. The Morgan fingerprint density at radius 3 is 1.65 bits per heavy atom. The van der Waals surface area contributed by atoms with Crippen LogP contribution in [0.15, 0.2) is 170 Å². The molecule has 0 spiro atoms. The molecule has 0 saturated carbocycles. The van der Waals surface area contributed by atoms with Crippen molar-refractivity contribution in [2.75, 3.05) is 0 Å². The van der Waals surface area contributed by atoms with Gasteiger partial charge in [-0.1, -0.05) is 146 Å². The monoisotopic (exact) mass is 648 g/mol. The Bertz CT molecular complexity index is 2970. The molecule has 2 heterocycles. The van der Waals surface area contributed by atoms with Crippen LogP contribution < -0.4 is 0 Å². The zero-order chi connectivity index (χ0) is 33.5. The predicted octanol–water partition coefficient (Wildman–Crippen LogP) is 11.9. The number of aromatic nitrogens is 4. The second kappa shape index (κ2) is 10.8. The van der Waals surface area contributed by atoms with Crippen molar-refractivity contribution in [2.45, 2.75) is 0 Å². The van der Waals surface area contributed by atoms with Gasteiger partial charge in [0, 0.05) is 32.8 Å². The molecule has 11 rings (SSSR count). The molecular formula is C47H28N4. The highest BCUT2D eigenvalue weighted by Gasteiger charge is 2.24. The fourth-order valence-corrected chi connectivity index (χ4v) is 8.11. The summed E-state index contributed by atoms with van der Waals surface area (Å²) in [5.41, 5.74) is 11.2. The normalized spacial score (nSPS) is 11.9. The maximum absolute atomic E-state index is 5.32. The van der Waals surface area contributed by atoms with Crippen LogP contribution in [-0.2, 0) is 0 Å².